The van der Waals surface area contributed by atoms with Crippen LogP contribution in [0, 0.1) is 0 Å². The average Bonchev–Trinajstić information content (AvgIpc) is 2.66. The zero-order valence-corrected chi connectivity index (χ0v) is 9.51. The topological polar surface area (TPSA) is 79.7 Å². The predicted molar refractivity (Wildman–Crippen MR) is 59.1 cm³/mol. The van der Waals surface area contributed by atoms with E-state index in [-0.39, 0.29) is 12.3 Å². The number of rotatable bonds is 2. The van der Waals surface area contributed by atoms with Crippen LogP contribution < -0.4 is 9.64 Å². The van der Waals surface area contributed by atoms with Crippen molar-refractivity contribution >= 4 is 17.6 Å². The molecule has 1 unspecified atom stereocenters. The first kappa shape index (κ1) is 11.4. The number of carbonyl (C=O) groups excluding carboxylic acids is 1. The van der Waals surface area contributed by atoms with E-state index in [1.165, 1.54) is 25.1 Å². The smallest absolute Gasteiger partial charge is 0.327 e. The van der Waals surface area contributed by atoms with Gasteiger partial charge in [-0.3, -0.25) is 9.69 Å². The highest BCUT2D eigenvalue weighted by atomic mass is 16.5. The maximum Gasteiger partial charge on any atom is 0.327 e. The van der Waals surface area contributed by atoms with Gasteiger partial charge in [-0.1, -0.05) is 0 Å². The maximum absolute atomic E-state index is 11.5. The molecule has 1 aliphatic rings. The van der Waals surface area contributed by atoms with Crippen LogP contribution in [0.1, 0.15) is 12.5 Å². The highest BCUT2D eigenvalue weighted by molar-refractivity contribution is 6.00. The molecule has 17 heavy (non-hydrogen) atoms. The van der Waals surface area contributed by atoms with Gasteiger partial charge in [0.2, 0.25) is 11.8 Å². The van der Waals surface area contributed by atoms with Crippen molar-refractivity contribution in [2.24, 2.45) is 0 Å². The van der Waals surface area contributed by atoms with Gasteiger partial charge in [-0.2, -0.15) is 0 Å². The minimum atomic E-state index is -1.02. The predicted octanol–water partition coefficient (Wildman–Crippen LogP) is 0.452. The summed E-state index contributed by atoms with van der Waals surface area (Å²) in [6, 6.07) is 0.810. The van der Waals surface area contributed by atoms with Crippen LogP contribution in [-0.4, -0.2) is 35.1 Å². The number of anilines is 1. The zero-order valence-electron chi connectivity index (χ0n) is 9.51. The molecule has 0 aliphatic carbocycles. The summed E-state index contributed by atoms with van der Waals surface area (Å²) < 4.78 is 4.97. The van der Waals surface area contributed by atoms with E-state index >= 15 is 0 Å². The molecule has 0 aromatic carbocycles. The first-order chi connectivity index (χ1) is 8.04. The molecule has 6 nitrogen and oxygen atoms in total. The molecule has 1 aromatic heterocycles. The summed E-state index contributed by atoms with van der Waals surface area (Å²) in [5.41, 5.74) is 1.31. The average molecular weight is 236 g/mol. The molecule has 0 spiro atoms. The minimum Gasteiger partial charge on any atom is -0.481 e. The number of pyridine rings is 1. The van der Waals surface area contributed by atoms with Gasteiger partial charge in [-0.25, -0.2) is 9.78 Å². The van der Waals surface area contributed by atoms with E-state index in [9.17, 15) is 9.59 Å². The fourth-order valence-corrected chi connectivity index (χ4v) is 2.01. The molecule has 0 bridgehead atoms. The van der Waals surface area contributed by atoms with E-state index in [0.717, 1.165) is 5.56 Å². The highest BCUT2D eigenvalue weighted by Crippen LogP contribution is 2.33. The SMILES string of the molecule is COc1cc2c(cn1)N(C(C)=O)C(C(=O)O)C2. The minimum absolute atomic E-state index is 0.281. The standard InChI is InChI=1S/C11H12N2O4/c1-6(14)13-8(11(15)16)3-7-4-10(17-2)12-5-9(7)13/h4-5,8H,3H2,1-2H3,(H,15,16). The first-order valence-electron chi connectivity index (χ1n) is 5.10. The number of aromatic nitrogens is 1. The number of fused-ring (bicyclic) bond motifs is 1. The number of carbonyl (C=O) groups is 2. The van der Waals surface area contributed by atoms with E-state index in [1.54, 1.807) is 6.07 Å². The molecule has 0 fully saturated rings. The van der Waals surface area contributed by atoms with E-state index in [0.29, 0.717) is 11.6 Å². The molecule has 2 heterocycles. The van der Waals surface area contributed by atoms with E-state index in [1.807, 2.05) is 0 Å². The molecule has 1 N–H and O–H groups in total. The first-order valence-corrected chi connectivity index (χ1v) is 5.10. The van der Waals surface area contributed by atoms with Crippen LogP contribution in [0.2, 0.25) is 0 Å². The second-order valence-corrected chi connectivity index (χ2v) is 3.80. The monoisotopic (exact) mass is 236 g/mol. The van der Waals surface area contributed by atoms with Gasteiger partial charge in [0.1, 0.15) is 6.04 Å². The Balaban J connectivity index is 2.46. The van der Waals surface area contributed by atoms with Crippen LogP contribution in [0.15, 0.2) is 12.3 Å². The lowest BCUT2D eigenvalue weighted by molar-refractivity contribution is -0.139. The van der Waals surface area contributed by atoms with Gasteiger partial charge in [0.25, 0.3) is 0 Å². The van der Waals surface area contributed by atoms with Gasteiger partial charge in [-0.05, 0) is 5.56 Å². The Morgan fingerprint density at radius 3 is 2.82 bits per heavy atom. The lowest BCUT2D eigenvalue weighted by Crippen LogP contribution is -2.41. The van der Waals surface area contributed by atoms with Crippen LogP contribution in [-0.2, 0) is 16.0 Å². The van der Waals surface area contributed by atoms with Crippen LogP contribution in [0.4, 0.5) is 5.69 Å². The number of carboxylic acids is 1. The van der Waals surface area contributed by atoms with Crippen molar-refractivity contribution in [1.29, 1.82) is 0 Å². The Morgan fingerprint density at radius 1 is 1.59 bits per heavy atom. The molecule has 1 aliphatic heterocycles. The van der Waals surface area contributed by atoms with Crippen molar-refractivity contribution in [3.05, 3.63) is 17.8 Å². The normalized spacial score (nSPS) is 17.8. The number of aliphatic carboxylic acids is 1. The largest absolute Gasteiger partial charge is 0.481 e. The molecule has 6 heteroatoms. The second kappa shape index (κ2) is 4.04. The number of hydrogen-bond acceptors (Lipinski definition) is 4. The van der Waals surface area contributed by atoms with E-state index < -0.39 is 12.0 Å². The van der Waals surface area contributed by atoms with E-state index in [2.05, 4.69) is 4.98 Å². The van der Waals surface area contributed by atoms with Crippen LogP contribution in [0.3, 0.4) is 0 Å². The Hall–Kier alpha value is -2.11. The number of nitrogens with zero attached hydrogens (tertiary/aromatic N) is 2. The number of carboxylic acid groups (broad SMARTS) is 1. The van der Waals surface area contributed by atoms with Crippen molar-refractivity contribution in [1.82, 2.24) is 4.98 Å². The summed E-state index contributed by atoms with van der Waals surface area (Å²) in [5.74, 6) is -0.906. The van der Waals surface area contributed by atoms with Crippen molar-refractivity contribution in [3.8, 4) is 5.88 Å². The van der Waals surface area contributed by atoms with Crippen molar-refractivity contribution in [3.63, 3.8) is 0 Å². The number of hydrogen-bond donors (Lipinski definition) is 1. The molecular formula is C11H12N2O4. The van der Waals surface area contributed by atoms with Gasteiger partial charge in [0, 0.05) is 19.4 Å². The van der Waals surface area contributed by atoms with Crippen molar-refractivity contribution in [2.75, 3.05) is 12.0 Å². The number of ether oxygens (including phenoxy) is 1. The van der Waals surface area contributed by atoms with Crippen LogP contribution in [0.25, 0.3) is 0 Å². The zero-order chi connectivity index (χ0) is 12.6. The number of methoxy groups -OCH3 is 1. The third-order valence-corrected chi connectivity index (χ3v) is 2.76. The summed E-state index contributed by atoms with van der Waals surface area (Å²) >= 11 is 0. The second-order valence-electron chi connectivity index (χ2n) is 3.80. The third kappa shape index (κ3) is 1.82. The third-order valence-electron chi connectivity index (χ3n) is 2.76. The van der Waals surface area contributed by atoms with Gasteiger partial charge in [0.15, 0.2) is 0 Å². The summed E-state index contributed by atoms with van der Waals surface area (Å²) in [5, 5.41) is 9.09. The van der Waals surface area contributed by atoms with E-state index in [4.69, 9.17) is 9.84 Å². The Morgan fingerprint density at radius 2 is 2.29 bits per heavy atom. The summed E-state index contributed by atoms with van der Waals surface area (Å²) in [6.07, 6.45) is 1.75. The van der Waals surface area contributed by atoms with Crippen LogP contribution >= 0.6 is 0 Å². The molecule has 0 radical (unpaired) electrons. The molecule has 0 saturated heterocycles. The fourth-order valence-electron chi connectivity index (χ4n) is 2.01. The Bertz CT molecular complexity index is 486. The van der Waals surface area contributed by atoms with Gasteiger partial charge >= 0.3 is 5.97 Å². The molecule has 1 atom stereocenters. The van der Waals surface area contributed by atoms with Gasteiger partial charge in [-0.15, -0.1) is 0 Å². The van der Waals surface area contributed by atoms with Crippen molar-refractivity contribution < 1.29 is 19.4 Å². The molecular weight excluding hydrogens is 224 g/mol. The van der Waals surface area contributed by atoms with Crippen molar-refractivity contribution in [2.45, 2.75) is 19.4 Å². The molecule has 0 saturated carbocycles. The fraction of sp³-hybridized carbons (Fsp3) is 0.364. The van der Waals surface area contributed by atoms with Gasteiger partial charge in [0.05, 0.1) is 19.0 Å². The molecule has 90 valence electrons. The maximum atomic E-state index is 11.5. The van der Waals surface area contributed by atoms with Gasteiger partial charge < -0.3 is 9.84 Å². The molecule has 1 aromatic rings. The Kier molecular flexibility index (Phi) is 2.71. The number of amides is 1. The molecule has 1 amide bonds. The van der Waals surface area contributed by atoms with Crippen LogP contribution in [0.5, 0.6) is 5.88 Å². The summed E-state index contributed by atoms with van der Waals surface area (Å²) in [6.45, 7) is 1.34. The molecule has 2 rings (SSSR count). The Labute approximate surface area is 97.8 Å². The lowest BCUT2D eigenvalue weighted by Gasteiger charge is -2.20. The lowest BCUT2D eigenvalue weighted by atomic mass is 10.1. The highest BCUT2D eigenvalue weighted by Gasteiger charge is 2.37. The summed E-state index contributed by atoms with van der Waals surface area (Å²) in [7, 11) is 1.49. The summed E-state index contributed by atoms with van der Waals surface area (Å²) in [4.78, 5) is 27.8. The quantitative estimate of drug-likeness (QED) is 0.806.